The average molecular weight is 296 g/mol. The highest BCUT2D eigenvalue weighted by Gasteiger charge is 2.26. The van der Waals surface area contributed by atoms with Gasteiger partial charge in [-0.1, -0.05) is 71.4 Å². The van der Waals surface area contributed by atoms with E-state index in [9.17, 15) is 5.11 Å². The molecule has 1 N–H and O–H groups in total. The lowest BCUT2D eigenvalue weighted by Crippen LogP contribution is -2.17. The summed E-state index contributed by atoms with van der Waals surface area (Å²) in [5.74, 6) is 0.441. The second-order valence-corrected chi connectivity index (χ2v) is 8.29. The Morgan fingerprint density at radius 1 is 0.682 bits per heavy atom. The van der Waals surface area contributed by atoms with Crippen molar-refractivity contribution in [2.45, 2.75) is 59.3 Å². The zero-order valence-corrected chi connectivity index (χ0v) is 14.9. The van der Waals surface area contributed by atoms with Crippen molar-refractivity contribution < 1.29 is 5.11 Å². The van der Waals surface area contributed by atoms with Crippen LogP contribution in [0.25, 0.3) is 11.1 Å². The molecular weight excluding hydrogens is 268 g/mol. The van der Waals surface area contributed by atoms with Crippen molar-refractivity contribution in [1.82, 2.24) is 0 Å². The maximum atomic E-state index is 10.8. The van der Waals surface area contributed by atoms with Crippen molar-refractivity contribution in [3.8, 4) is 16.9 Å². The minimum atomic E-state index is -0.0925. The molecule has 2 aromatic carbocycles. The van der Waals surface area contributed by atoms with Crippen LogP contribution in [0.15, 0.2) is 36.4 Å². The Morgan fingerprint density at radius 3 is 1.45 bits per heavy atom. The molecule has 0 saturated carbocycles. The molecule has 0 atom stereocenters. The van der Waals surface area contributed by atoms with Gasteiger partial charge in [-0.15, -0.1) is 0 Å². The van der Waals surface area contributed by atoms with Gasteiger partial charge < -0.3 is 5.11 Å². The quantitative estimate of drug-likeness (QED) is 0.688. The van der Waals surface area contributed by atoms with Gasteiger partial charge in [-0.3, -0.25) is 0 Å². The van der Waals surface area contributed by atoms with Gasteiger partial charge in [0.05, 0.1) is 0 Å². The van der Waals surface area contributed by atoms with Gasteiger partial charge in [0.1, 0.15) is 5.75 Å². The Hall–Kier alpha value is -1.76. The summed E-state index contributed by atoms with van der Waals surface area (Å²) < 4.78 is 0. The molecule has 0 unspecified atom stereocenters. The molecule has 0 aliphatic carbocycles. The van der Waals surface area contributed by atoms with Crippen molar-refractivity contribution in [3.05, 3.63) is 53.1 Å². The summed E-state index contributed by atoms with van der Waals surface area (Å²) in [5, 5.41) is 10.8. The van der Waals surface area contributed by atoms with Crippen LogP contribution in [0.3, 0.4) is 0 Å². The van der Waals surface area contributed by atoms with Gasteiger partial charge in [0.25, 0.3) is 0 Å². The lowest BCUT2D eigenvalue weighted by molar-refractivity contribution is 0.423. The molecule has 1 heteroatoms. The van der Waals surface area contributed by atoms with E-state index in [1.165, 1.54) is 16.7 Å². The third kappa shape index (κ3) is 3.35. The second kappa shape index (κ2) is 5.46. The number of rotatable bonds is 1. The molecule has 0 heterocycles. The molecular formula is C21H28O. The van der Waals surface area contributed by atoms with Crippen LogP contribution in [0.1, 0.15) is 58.2 Å². The van der Waals surface area contributed by atoms with Crippen LogP contribution in [0.4, 0.5) is 0 Å². The minimum absolute atomic E-state index is 0.0925. The van der Waals surface area contributed by atoms with E-state index in [-0.39, 0.29) is 10.8 Å². The average Bonchev–Trinajstić information content (AvgIpc) is 2.37. The Balaban J connectivity index is 2.73. The van der Waals surface area contributed by atoms with E-state index in [0.29, 0.717) is 5.75 Å². The predicted octanol–water partition coefficient (Wildman–Crippen LogP) is 5.96. The van der Waals surface area contributed by atoms with Crippen LogP contribution in [0, 0.1) is 6.92 Å². The van der Waals surface area contributed by atoms with Crippen molar-refractivity contribution in [3.63, 3.8) is 0 Å². The van der Waals surface area contributed by atoms with E-state index in [1.807, 2.05) is 0 Å². The first kappa shape index (κ1) is 16.6. The first-order valence-electron chi connectivity index (χ1n) is 7.95. The molecule has 0 aliphatic rings. The van der Waals surface area contributed by atoms with Gasteiger partial charge in [0.15, 0.2) is 0 Å². The maximum absolute atomic E-state index is 10.8. The Morgan fingerprint density at radius 2 is 1.09 bits per heavy atom. The van der Waals surface area contributed by atoms with Crippen molar-refractivity contribution in [1.29, 1.82) is 0 Å². The molecule has 1 nitrogen and oxygen atoms in total. The number of aromatic hydroxyl groups is 1. The molecule has 22 heavy (non-hydrogen) atoms. The van der Waals surface area contributed by atoms with Crippen LogP contribution < -0.4 is 0 Å². The van der Waals surface area contributed by atoms with E-state index in [4.69, 9.17) is 0 Å². The number of phenols is 1. The monoisotopic (exact) mass is 296 g/mol. The summed E-state index contributed by atoms with van der Waals surface area (Å²) in [6.07, 6.45) is 0. The molecule has 0 bridgehead atoms. The van der Waals surface area contributed by atoms with E-state index in [0.717, 1.165) is 11.1 Å². The van der Waals surface area contributed by atoms with Crippen LogP contribution in [0.5, 0.6) is 5.75 Å². The summed E-state index contributed by atoms with van der Waals surface area (Å²) in [7, 11) is 0. The first-order chi connectivity index (χ1) is 10.00. The largest absolute Gasteiger partial charge is 0.507 e. The number of aryl methyl sites for hydroxylation is 1. The highest BCUT2D eigenvalue weighted by Crippen LogP contribution is 2.41. The van der Waals surface area contributed by atoms with E-state index in [2.05, 4.69) is 84.9 Å². The molecule has 0 aromatic heterocycles. The van der Waals surface area contributed by atoms with E-state index >= 15 is 0 Å². The molecule has 0 spiro atoms. The van der Waals surface area contributed by atoms with Crippen molar-refractivity contribution >= 4 is 0 Å². The highest BCUT2D eigenvalue weighted by molar-refractivity contribution is 5.69. The molecule has 2 rings (SSSR count). The third-order valence-corrected chi connectivity index (χ3v) is 4.11. The summed E-state index contributed by atoms with van der Waals surface area (Å²) in [6, 6.07) is 12.8. The molecule has 0 amide bonds. The van der Waals surface area contributed by atoms with Gasteiger partial charge in [-0.25, -0.2) is 0 Å². The normalized spacial score (nSPS) is 12.5. The summed E-state index contributed by atoms with van der Waals surface area (Å²) >= 11 is 0. The maximum Gasteiger partial charge on any atom is 0.123 e. The summed E-state index contributed by atoms with van der Waals surface area (Å²) in [4.78, 5) is 0. The molecule has 118 valence electrons. The minimum Gasteiger partial charge on any atom is -0.507 e. The van der Waals surface area contributed by atoms with E-state index in [1.54, 1.807) is 0 Å². The standard InChI is InChI=1S/C21H28O/c1-14-8-10-15(11-9-14)16-12-17(20(2,3)4)19(22)18(13-16)21(5,6)7/h8-13,22H,1-7H3. The number of benzene rings is 2. The van der Waals surface area contributed by atoms with Gasteiger partial charge in [0, 0.05) is 11.1 Å². The molecule has 0 saturated heterocycles. The van der Waals surface area contributed by atoms with Crippen molar-refractivity contribution in [2.24, 2.45) is 0 Å². The topological polar surface area (TPSA) is 20.2 Å². The fourth-order valence-electron chi connectivity index (χ4n) is 2.69. The lowest BCUT2D eigenvalue weighted by Gasteiger charge is -2.28. The molecule has 0 aliphatic heterocycles. The van der Waals surface area contributed by atoms with Gasteiger partial charge in [-0.2, -0.15) is 0 Å². The Kier molecular flexibility index (Phi) is 4.12. The van der Waals surface area contributed by atoms with Gasteiger partial charge >= 0.3 is 0 Å². The Bertz CT molecular complexity index is 630. The van der Waals surface area contributed by atoms with E-state index < -0.39 is 0 Å². The fourth-order valence-corrected chi connectivity index (χ4v) is 2.69. The first-order valence-corrected chi connectivity index (χ1v) is 7.95. The van der Waals surface area contributed by atoms with Crippen molar-refractivity contribution in [2.75, 3.05) is 0 Å². The third-order valence-electron chi connectivity index (χ3n) is 4.11. The fraction of sp³-hybridized carbons (Fsp3) is 0.429. The SMILES string of the molecule is Cc1ccc(-c2cc(C(C)(C)C)c(O)c(C(C)(C)C)c2)cc1. The molecule has 2 aromatic rings. The number of hydrogen-bond acceptors (Lipinski definition) is 1. The summed E-state index contributed by atoms with van der Waals surface area (Å²) in [6.45, 7) is 15.0. The lowest BCUT2D eigenvalue weighted by atomic mass is 9.78. The predicted molar refractivity (Wildman–Crippen MR) is 95.7 cm³/mol. The van der Waals surface area contributed by atoms with Crippen LogP contribution in [-0.4, -0.2) is 5.11 Å². The highest BCUT2D eigenvalue weighted by atomic mass is 16.3. The number of phenolic OH excluding ortho intramolecular Hbond substituents is 1. The van der Waals surface area contributed by atoms with Gasteiger partial charge in [0.2, 0.25) is 0 Å². The Labute approximate surface area is 135 Å². The molecule has 0 radical (unpaired) electrons. The second-order valence-electron chi connectivity index (χ2n) is 8.29. The van der Waals surface area contributed by atoms with Crippen LogP contribution >= 0.6 is 0 Å². The zero-order chi connectivity index (χ0) is 16.7. The zero-order valence-electron chi connectivity index (χ0n) is 14.9. The van der Waals surface area contributed by atoms with Crippen LogP contribution in [0.2, 0.25) is 0 Å². The smallest absolute Gasteiger partial charge is 0.123 e. The number of hydrogen-bond donors (Lipinski definition) is 1. The summed E-state index contributed by atoms with van der Waals surface area (Å²) in [5.41, 5.74) is 5.46. The molecule has 0 fully saturated rings. The van der Waals surface area contributed by atoms with Crippen LogP contribution in [-0.2, 0) is 10.8 Å². The van der Waals surface area contributed by atoms with Gasteiger partial charge in [-0.05, 0) is 41.0 Å².